The lowest BCUT2D eigenvalue weighted by Gasteiger charge is -2.38. The number of piperazine rings is 1. The van der Waals surface area contributed by atoms with E-state index in [0.717, 1.165) is 31.6 Å². The summed E-state index contributed by atoms with van der Waals surface area (Å²) in [4.78, 5) is 28.6. The van der Waals surface area contributed by atoms with Crippen molar-refractivity contribution in [3.63, 3.8) is 0 Å². The van der Waals surface area contributed by atoms with E-state index < -0.39 is 0 Å². The monoisotopic (exact) mass is 320 g/mol. The number of amides is 2. The number of nitrogens with zero attached hydrogens (tertiary/aromatic N) is 4. The molecular formula is C16H24N4O3. The lowest BCUT2D eigenvalue weighted by Crippen LogP contribution is -2.55. The van der Waals surface area contributed by atoms with Crippen LogP contribution in [0.3, 0.4) is 0 Å². The van der Waals surface area contributed by atoms with E-state index in [1.165, 1.54) is 0 Å². The van der Waals surface area contributed by atoms with Crippen LogP contribution >= 0.6 is 0 Å². The van der Waals surface area contributed by atoms with E-state index >= 15 is 0 Å². The molecule has 0 unspecified atom stereocenters. The molecule has 0 spiro atoms. The SMILES string of the molecule is CC[C@H]1OCCC[C@H]1C(=O)N1CCN(c2cnn(C)c2)C(=O)C1. The van der Waals surface area contributed by atoms with Gasteiger partial charge >= 0.3 is 0 Å². The lowest BCUT2D eigenvalue weighted by atomic mass is 9.91. The highest BCUT2D eigenvalue weighted by Gasteiger charge is 2.36. The van der Waals surface area contributed by atoms with Crippen LogP contribution in [0.1, 0.15) is 26.2 Å². The average molecular weight is 320 g/mol. The van der Waals surface area contributed by atoms with Gasteiger partial charge in [-0.25, -0.2) is 0 Å². The number of rotatable bonds is 3. The summed E-state index contributed by atoms with van der Waals surface area (Å²) in [7, 11) is 1.82. The van der Waals surface area contributed by atoms with Crippen molar-refractivity contribution in [2.75, 3.05) is 31.1 Å². The predicted molar refractivity (Wildman–Crippen MR) is 84.9 cm³/mol. The minimum atomic E-state index is -0.105. The second-order valence-electron chi connectivity index (χ2n) is 6.24. The van der Waals surface area contributed by atoms with Gasteiger partial charge in [0.2, 0.25) is 11.8 Å². The average Bonchev–Trinajstić information content (AvgIpc) is 3.00. The molecule has 0 bridgehead atoms. The van der Waals surface area contributed by atoms with Crippen molar-refractivity contribution in [1.82, 2.24) is 14.7 Å². The number of carbonyl (C=O) groups is 2. The van der Waals surface area contributed by atoms with Crippen LogP contribution in [0.25, 0.3) is 0 Å². The lowest BCUT2D eigenvalue weighted by molar-refractivity contribution is -0.148. The predicted octanol–water partition coefficient (Wildman–Crippen LogP) is 0.800. The van der Waals surface area contributed by atoms with Crippen LogP contribution < -0.4 is 4.90 Å². The quantitative estimate of drug-likeness (QED) is 0.826. The van der Waals surface area contributed by atoms with Crippen LogP contribution in [-0.4, -0.2) is 58.8 Å². The molecule has 2 atom stereocenters. The molecule has 2 saturated heterocycles. The van der Waals surface area contributed by atoms with Gasteiger partial charge in [-0.15, -0.1) is 0 Å². The molecule has 0 aliphatic carbocycles. The molecule has 2 aliphatic heterocycles. The van der Waals surface area contributed by atoms with Crippen molar-refractivity contribution in [1.29, 1.82) is 0 Å². The third kappa shape index (κ3) is 3.24. The van der Waals surface area contributed by atoms with Crippen molar-refractivity contribution in [2.24, 2.45) is 13.0 Å². The molecule has 1 aromatic heterocycles. The van der Waals surface area contributed by atoms with Gasteiger partial charge in [-0.1, -0.05) is 6.92 Å². The smallest absolute Gasteiger partial charge is 0.246 e. The van der Waals surface area contributed by atoms with Gasteiger partial charge in [0.1, 0.15) is 6.54 Å². The van der Waals surface area contributed by atoms with E-state index in [1.54, 1.807) is 20.7 Å². The summed E-state index contributed by atoms with van der Waals surface area (Å²) in [5.41, 5.74) is 0.789. The Morgan fingerprint density at radius 2 is 2.26 bits per heavy atom. The van der Waals surface area contributed by atoms with E-state index in [2.05, 4.69) is 5.10 Å². The van der Waals surface area contributed by atoms with E-state index in [0.29, 0.717) is 13.1 Å². The maximum atomic E-state index is 12.8. The first-order valence-electron chi connectivity index (χ1n) is 8.29. The zero-order valence-corrected chi connectivity index (χ0v) is 13.8. The largest absolute Gasteiger partial charge is 0.377 e. The van der Waals surface area contributed by atoms with Crippen molar-refractivity contribution in [3.05, 3.63) is 12.4 Å². The fraction of sp³-hybridized carbons (Fsp3) is 0.688. The van der Waals surface area contributed by atoms with Gasteiger partial charge in [0.05, 0.1) is 23.9 Å². The number of anilines is 1. The molecular weight excluding hydrogens is 296 g/mol. The van der Waals surface area contributed by atoms with Crippen LogP contribution in [0.2, 0.25) is 0 Å². The van der Waals surface area contributed by atoms with E-state index in [9.17, 15) is 9.59 Å². The van der Waals surface area contributed by atoms with Gasteiger partial charge in [-0.3, -0.25) is 14.3 Å². The highest BCUT2D eigenvalue weighted by Crippen LogP contribution is 2.26. The third-order valence-electron chi connectivity index (χ3n) is 4.70. The van der Waals surface area contributed by atoms with Gasteiger partial charge < -0.3 is 14.5 Å². The molecule has 0 N–H and O–H groups in total. The number of hydrogen-bond donors (Lipinski definition) is 0. The van der Waals surface area contributed by atoms with Crippen molar-refractivity contribution in [3.8, 4) is 0 Å². The zero-order valence-electron chi connectivity index (χ0n) is 13.8. The van der Waals surface area contributed by atoms with Crippen LogP contribution in [0.15, 0.2) is 12.4 Å². The van der Waals surface area contributed by atoms with Crippen molar-refractivity contribution < 1.29 is 14.3 Å². The number of carbonyl (C=O) groups excluding carboxylic acids is 2. The standard InChI is InChI=1S/C16H24N4O3/c1-3-14-13(5-4-8-23-14)16(22)19-6-7-20(15(21)11-19)12-9-17-18(2)10-12/h9-10,13-14H,3-8,11H2,1-2H3/t13-,14-/m1/s1. The van der Waals surface area contributed by atoms with Crippen LogP contribution in [0.4, 0.5) is 5.69 Å². The molecule has 126 valence electrons. The molecule has 3 rings (SSSR count). The molecule has 3 heterocycles. The molecule has 2 fully saturated rings. The summed E-state index contributed by atoms with van der Waals surface area (Å²) in [5, 5.41) is 4.10. The van der Waals surface area contributed by atoms with Gasteiger partial charge in [-0.2, -0.15) is 5.10 Å². The minimum absolute atomic E-state index is 0.0114. The topological polar surface area (TPSA) is 67.7 Å². The number of aromatic nitrogens is 2. The first-order chi connectivity index (χ1) is 11.1. The maximum Gasteiger partial charge on any atom is 0.246 e. The van der Waals surface area contributed by atoms with Crippen molar-refractivity contribution in [2.45, 2.75) is 32.3 Å². The Bertz CT molecular complexity index is 586. The summed E-state index contributed by atoms with van der Waals surface area (Å²) in [6.07, 6.45) is 6.09. The number of aryl methyl sites for hydroxylation is 1. The number of hydrogen-bond acceptors (Lipinski definition) is 4. The summed E-state index contributed by atoms with van der Waals surface area (Å²) in [6, 6.07) is 0. The van der Waals surface area contributed by atoms with Gasteiger partial charge in [-0.05, 0) is 19.3 Å². The molecule has 7 heteroatoms. The Morgan fingerprint density at radius 3 is 2.91 bits per heavy atom. The second-order valence-corrected chi connectivity index (χ2v) is 6.24. The van der Waals surface area contributed by atoms with Crippen LogP contribution in [0, 0.1) is 5.92 Å². The second kappa shape index (κ2) is 6.70. The molecule has 2 amide bonds. The van der Waals surface area contributed by atoms with E-state index in [1.807, 2.05) is 20.2 Å². The fourth-order valence-corrected chi connectivity index (χ4v) is 3.44. The molecule has 0 saturated carbocycles. The zero-order chi connectivity index (χ0) is 16.4. The maximum absolute atomic E-state index is 12.8. The third-order valence-corrected chi connectivity index (χ3v) is 4.70. The molecule has 23 heavy (non-hydrogen) atoms. The summed E-state index contributed by atoms with van der Waals surface area (Å²) < 4.78 is 7.39. The minimum Gasteiger partial charge on any atom is -0.377 e. The van der Waals surface area contributed by atoms with Gasteiger partial charge in [0.15, 0.2) is 0 Å². The fourth-order valence-electron chi connectivity index (χ4n) is 3.44. The molecule has 2 aliphatic rings. The normalized spacial score (nSPS) is 25.7. The first kappa shape index (κ1) is 16.0. The number of ether oxygens (including phenoxy) is 1. The van der Waals surface area contributed by atoms with Gasteiger partial charge in [0, 0.05) is 32.9 Å². The molecule has 1 aromatic rings. The molecule has 7 nitrogen and oxygen atoms in total. The summed E-state index contributed by atoms with van der Waals surface area (Å²) >= 11 is 0. The van der Waals surface area contributed by atoms with Gasteiger partial charge in [0.25, 0.3) is 0 Å². The summed E-state index contributed by atoms with van der Waals surface area (Å²) in [5.74, 6) is -0.0930. The highest BCUT2D eigenvalue weighted by atomic mass is 16.5. The highest BCUT2D eigenvalue weighted by molar-refractivity contribution is 5.98. The van der Waals surface area contributed by atoms with Crippen LogP contribution in [-0.2, 0) is 21.4 Å². The van der Waals surface area contributed by atoms with Crippen molar-refractivity contribution >= 4 is 17.5 Å². The Kier molecular flexibility index (Phi) is 4.66. The molecule has 0 aromatic carbocycles. The van der Waals surface area contributed by atoms with E-state index in [-0.39, 0.29) is 30.4 Å². The summed E-state index contributed by atoms with van der Waals surface area (Å²) in [6.45, 7) is 3.99. The Labute approximate surface area is 136 Å². The Morgan fingerprint density at radius 1 is 1.43 bits per heavy atom. The first-order valence-corrected chi connectivity index (χ1v) is 8.29. The molecule has 0 radical (unpaired) electrons. The van der Waals surface area contributed by atoms with E-state index in [4.69, 9.17) is 4.74 Å². The van der Waals surface area contributed by atoms with Crippen LogP contribution in [0.5, 0.6) is 0 Å². The Hall–Kier alpha value is -1.89. The Balaban J connectivity index is 1.65.